The average Bonchev–Trinajstić information content (AvgIpc) is 2.05. The van der Waals surface area contributed by atoms with Crippen molar-refractivity contribution in [3.63, 3.8) is 0 Å². The lowest BCUT2D eigenvalue weighted by Gasteiger charge is -2.30. The van der Waals surface area contributed by atoms with Crippen LogP contribution in [-0.4, -0.2) is 30.0 Å². The Hall–Kier alpha value is -0.455. The molecule has 0 aliphatic carbocycles. The predicted molar refractivity (Wildman–Crippen MR) is 47.0 cm³/mol. The van der Waals surface area contributed by atoms with Crippen molar-refractivity contribution in [1.29, 1.82) is 0 Å². The molecule has 1 aliphatic heterocycles. The second-order valence-corrected chi connectivity index (χ2v) is 3.11. The average molecular weight is 151 g/mol. The largest absolute Gasteiger partial charge is 0.437 e. The minimum Gasteiger partial charge on any atom is -0.437 e. The zero-order chi connectivity index (χ0) is 8.27. The van der Waals surface area contributed by atoms with Gasteiger partial charge in [0.25, 0.3) is 0 Å². The third-order valence-corrected chi connectivity index (χ3v) is 2.29. The molecule has 0 aromatic carbocycles. The molecule has 0 aromatic heterocycles. The van der Waals surface area contributed by atoms with E-state index in [1.165, 1.54) is 0 Å². The number of rotatable bonds is 1. The van der Waals surface area contributed by atoms with Gasteiger partial charge in [0.1, 0.15) is 0 Å². The summed E-state index contributed by atoms with van der Waals surface area (Å²) in [5, 5.41) is 9.21. The van der Waals surface area contributed by atoms with E-state index in [-0.39, 0.29) is 7.05 Å². The van der Waals surface area contributed by atoms with Crippen molar-refractivity contribution >= 4 is 7.05 Å². The highest BCUT2D eigenvalue weighted by atomic mass is 16.2. The van der Waals surface area contributed by atoms with E-state index in [0.29, 0.717) is 5.92 Å². The summed E-state index contributed by atoms with van der Waals surface area (Å²) in [6.45, 7) is 3.68. The topological polar surface area (TPSA) is 23.5 Å². The number of piperidine rings is 1. The van der Waals surface area contributed by atoms with Crippen molar-refractivity contribution in [2.75, 3.05) is 13.1 Å². The van der Waals surface area contributed by atoms with E-state index in [4.69, 9.17) is 6.42 Å². The Labute approximate surface area is 68.7 Å². The summed E-state index contributed by atoms with van der Waals surface area (Å²) in [5.41, 5.74) is 0. The van der Waals surface area contributed by atoms with Crippen LogP contribution >= 0.6 is 0 Å². The molecule has 0 radical (unpaired) electrons. The van der Waals surface area contributed by atoms with Crippen LogP contribution in [0.5, 0.6) is 0 Å². The third kappa shape index (κ3) is 2.25. The number of terminal acetylenes is 1. The highest BCUT2D eigenvalue weighted by Crippen LogP contribution is 2.15. The maximum Gasteiger partial charge on any atom is 0.376 e. The Kier molecular flexibility index (Phi) is 2.98. The van der Waals surface area contributed by atoms with Gasteiger partial charge in [0.15, 0.2) is 0 Å². The summed E-state index contributed by atoms with van der Waals surface area (Å²) in [7, 11) is -0.311. The van der Waals surface area contributed by atoms with Crippen molar-refractivity contribution in [3.05, 3.63) is 0 Å². The lowest BCUT2D eigenvalue weighted by Crippen LogP contribution is -2.42. The Morgan fingerprint density at radius 2 is 2.09 bits per heavy atom. The lowest BCUT2D eigenvalue weighted by molar-refractivity contribution is 0.282. The fraction of sp³-hybridized carbons (Fsp3) is 0.750. The molecule has 0 spiro atoms. The fourth-order valence-electron chi connectivity index (χ4n) is 1.44. The first-order valence-electron chi connectivity index (χ1n) is 4.12. The fourth-order valence-corrected chi connectivity index (χ4v) is 1.44. The molecule has 2 nitrogen and oxygen atoms in total. The Bertz CT molecular complexity index is 156. The summed E-state index contributed by atoms with van der Waals surface area (Å²) in [4.78, 5) is 2.05. The van der Waals surface area contributed by atoms with Gasteiger partial charge in [-0.3, -0.25) is 0 Å². The van der Waals surface area contributed by atoms with Crippen LogP contribution < -0.4 is 0 Å². The molecule has 0 bridgehead atoms. The van der Waals surface area contributed by atoms with Crippen LogP contribution in [0, 0.1) is 18.3 Å². The van der Waals surface area contributed by atoms with Gasteiger partial charge in [0.2, 0.25) is 0 Å². The number of hydrogen-bond acceptors (Lipinski definition) is 2. The molecule has 3 heteroatoms. The highest BCUT2D eigenvalue weighted by Gasteiger charge is 2.22. The normalized spacial score (nSPS) is 21.2. The van der Waals surface area contributed by atoms with Crippen molar-refractivity contribution in [2.45, 2.75) is 19.7 Å². The summed E-state index contributed by atoms with van der Waals surface area (Å²) < 4.78 is 0. The van der Waals surface area contributed by atoms with Crippen LogP contribution in [-0.2, 0) is 0 Å². The first-order valence-corrected chi connectivity index (χ1v) is 4.12. The lowest BCUT2D eigenvalue weighted by atomic mass is 9.81. The van der Waals surface area contributed by atoms with Gasteiger partial charge in [-0.05, 0) is 32.8 Å². The van der Waals surface area contributed by atoms with Crippen molar-refractivity contribution in [1.82, 2.24) is 4.81 Å². The van der Waals surface area contributed by atoms with E-state index in [2.05, 4.69) is 5.92 Å². The van der Waals surface area contributed by atoms with E-state index in [1.54, 1.807) is 6.82 Å². The third-order valence-electron chi connectivity index (χ3n) is 2.29. The molecule has 0 amide bonds. The van der Waals surface area contributed by atoms with Gasteiger partial charge < -0.3 is 9.83 Å². The molecule has 1 aliphatic rings. The second-order valence-electron chi connectivity index (χ2n) is 3.11. The minimum absolute atomic E-state index is 0.311. The monoisotopic (exact) mass is 151 g/mol. The summed E-state index contributed by atoms with van der Waals surface area (Å²) in [5.74, 6) is 3.19. The Morgan fingerprint density at radius 3 is 2.45 bits per heavy atom. The zero-order valence-corrected chi connectivity index (χ0v) is 6.95. The summed E-state index contributed by atoms with van der Waals surface area (Å²) in [6, 6.07) is 0. The maximum atomic E-state index is 9.21. The Morgan fingerprint density at radius 1 is 1.55 bits per heavy atom. The molecular weight excluding hydrogens is 137 g/mol. The molecule has 60 valence electrons. The molecule has 11 heavy (non-hydrogen) atoms. The van der Waals surface area contributed by atoms with E-state index < -0.39 is 0 Å². The van der Waals surface area contributed by atoms with Gasteiger partial charge >= 0.3 is 7.05 Å². The summed E-state index contributed by atoms with van der Waals surface area (Å²) in [6.07, 6.45) is 7.35. The summed E-state index contributed by atoms with van der Waals surface area (Å²) >= 11 is 0. The van der Waals surface area contributed by atoms with Crippen LogP contribution in [0.3, 0.4) is 0 Å². The SMILES string of the molecule is C#CC1CCN(B(C)O)CC1. The van der Waals surface area contributed by atoms with Gasteiger partial charge in [-0.2, -0.15) is 0 Å². The molecule has 0 unspecified atom stereocenters. The van der Waals surface area contributed by atoms with Gasteiger partial charge in [0, 0.05) is 5.92 Å². The van der Waals surface area contributed by atoms with Gasteiger partial charge in [-0.25, -0.2) is 0 Å². The molecule has 1 saturated heterocycles. The van der Waals surface area contributed by atoms with Crippen LogP contribution in [0.15, 0.2) is 0 Å². The van der Waals surface area contributed by atoms with Crippen LogP contribution in [0.1, 0.15) is 12.8 Å². The molecular formula is C8H14BNO. The standard InChI is InChI=1S/C8H14BNO/c1-3-8-4-6-10(7-5-8)9(2)11/h1,8,11H,4-7H2,2H3. The maximum absolute atomic E-state index is 9.21. The zero-order valence-electron chi connectivity index (χ0n) is 6.95. The minimum atomic E-state index is -0.311. The molecule has 1 rings (SSSR count). The first kappa shape index (κ1) is 8.64. The van der Waals surface area contributed by atoms with E-state index >= 15 is 0 Å². The smallest absolute Gasteiger partial charge is 0.376 e. The molecule has 0 aromatic rings. The van der Waals surface area contributed by atoms with Crippen LogP contribution in [0.4, 0.5) is 0 Å². The first-order chi connectivity index (χ1) is 5.24. The predicted octanol–water partition coefficient (Wildman–Crippen LogP) is 0.442. The van der Waals surface area contributed by atoms with Gasteiger partial charge in [-0.1, -0.05) is 0 Å². The highest BCUT2D eigenvalue weighted by molar-refractivity contribution is 6.45. The number of nitrogens with zero attached hydrogens (tertiary/aromatic N) is 1. The van der Waals surface area contributed by atoms with Gasteiger partial charge in [-0.15, -0.1) is 12.3 Å². The molecule has 0 atom stereocenters. The van der Waals surface area contributed by atoms with Gasteiger partial charge in [0.05, 0.1) is 0 Å². The Balaban J connectivity index is 2.31. The van der Waals surface area contributed by atoms with E-state index in [0.717, 1.165) is 25.9 Å². The van der Waals surface area contributed by atoms with Crippen molar-refractivity contribution in [2.24, 2.45) is 5.92 Å². The second kappa shape index (κ2) is 3.80. The van der Waals surface area contributed by atoms with Crippen molar-refractivity contribution < 1.29 is 5.02 Å². The van der Waals surface area contributed by atoms with Crippen molar-refractivity contribution in [3.8, 4) is 12.3 Å². The molecule has 0 saturated carbocycles. The van der Waals surface area contributed by atoms with Crippen LogP contribution in [0.2, 0.25) is 6.82 Å². The van der Waals surface area contributed by atoms with E-state index in [9.17, 15) is 5.02 Å². The van der Waals surface area contributed by atoms with E-state index in [1.807, 2.05) is 4.81 Å². The molecule has 1 heterocycles. The molecule has 1 N–H and O–H groups in total. The quantitative estimate of drug-likeness (QED) is 0.434. The van der Waals surface area contributed by atoms with Crippen LogP contribution in [0.25, 0.3) is 0 Å². The molecule has 1 fully saturated rings. The number of hydrogen-bond donors (Lipinski definition) is 1.